The largest absolute Gasteiger partial charge is 0.438 e. The number of aromatic amines is 1. The molecule has 3 aliphatic heterocycles. The van der Waals surface area contributed by atoms with Crippen molar-refractivity contribution in [3.8, 4) is 17.2 Å². The van der Waals surface area contributed by atoms with Gasteiger partial charge in [-0.25, -0.2) is 23.1 Å². The predicted molar refractivity (Wildman–Crippen MR) is 228 cm³/mol. The van der Waals surface area contributed by atoms with Crippen LogP contribution in [0.5, 0.6) is 0 Å². The van der Waals surface area contributed by atoms with E-state index in [0.29, 0.717) is 77.8 Å². The van der Waals surface area contributed by atoms with E-state index in [4.69, 9.17) is 14.4 Å². The van der Waals surface area contributed by atoms with Crippen LogP contribution in [0.2, 0.25) is 0 Å². The molecule has 20 heteroatoms. The fourth-order valence-electron chi connectivity index (χ4n) is 10.6. The summed E-state index contributed by atoms with van der Waals surface area (Å²) in [6.07, 6.45) is 6.83. The van der Waals surface area contributed by atoms with E-state index in [2.05, 4.69) is 35.2 Å². The van der Waals surface area contributed by atoms with Gasteiger partial charge < -0.3 is 14.2 Å². The average Bonchev–Trinajstić information content (AvgIpc) is 3.73. The highest BCUT2D eigenvalue weighted by Crippen LogP contribution is 2.55. The second kappa shape index (κ2) is 14.6. The van der Waals surface area contributed by atoms with Crippen LogP contribution in [0, 0.1) is 23.5 Å². The summed E-state index contributed by atoms with van der Waals surface area (Å²) in [6.45, 7) is 6.71. The summed E-state index contributed by atoms with van der Waals surface area (Å²) in [5, 5.41) is 13.1. The summed E-state index contributed by atoms with van der Waals surface area (Å²) < 4.78 is 91.2. The maximum Gasteiger partial charge on any atom is 0.438 e. The summed E-state index contributed by atoms with van der Waals surface area (Å²) >= 11 is 0. The number of imidazole rings is 1. The Morgan fingerprint density at radius 3 is 2.55 bits per heavy atom. The first-order chi connectivity index (χ1) is 31.4. The number of rotatable bonds is 7. The SMILES string of the molecule is C[C@H]1c2c(nn(-c3ccc(F)c(C(F)(F)F)c3)c2-n2ccn(-c3ccc4c(cnn4C)c3F)c2=O)CCN1C(=O)c1cc2n(c1C1(c3noc(=O)[nH]3)CC1)C=CC([C@@H]1CCOC(C)(C)C1)C2. The van der Waals surface area contributed by atoms with Crippen molar-refractivity contribution >= 4 is 23.0 Å². The van der Waals surface area contributed by atoms with Crippen LogP contribution in [0.4, 0.5) is 22.0 Å². The molecule has 0 bridgehead atoms. The van der Waals surface area contributed by atoms with Crippen molar-refractivity contribution in [1.29, 1.82) is 0 Å². The van der Waals surface area contributed by atoms with E-state index in [1.165, 1.54) is 29.3 Å². The lowest BCUT2D eigenvalue weighted by atomic mass is 9.77. The molecule has 1 unspecified atom stereocenters. The molecular weight excluding hydrogens is 868 g/mol. The van der Waals surface area contributed by atoms with Gasteiger partial charge in [0.25, 0.3) is 5.91 Å². The van der Waals surface area contributed by atoms with Crippen molar-refractivity contribution in [1.82, 2.24) is 48.3 Å². The first-order valence-corrected chi connectivity index (χ1v) is 21.8. The number of aromatic nitrogens is 9. The van der Waals surface area contributed by atoms with E-state index in [0.717, 1.165) is 38.4 Å². The Morgan fingerprint density at radius 2 is 1.82 bits per heavy atom. The number of carbonyl (C=O) groups is 1. The quantitative estimate of drug-likeness (QED) is 0.165. The van der Waals surface area contributed by atoms with Gasteiger partial charge in [-0.3, -0.25) is 28.1 Å². The van der Waals surface area contributed by atoms with E-state index in [9.17, 15) is 27.2 Å². The van der Waals surface area contributed by atoms with Gasteiger partial charge in [0.1, 0.15) is 11.6 Å². The minimum Gasteiger partial charge on any atom is -0.376 e. The highest BCUT2D eigenvalue weighted by atomic mass is 19.4. The Kier molecular flexibility index (Phi) is 9.25. The molecule has 4 aliphatic rings. The Morgan fingerprint density at radius 1 is 1.03 bits per heavy atom. The number of fused-ring (bicyclic) bond motifs is 3. The van der Waals surface area contributed by atoms with E-state index >= 15 is 9.18 Å². The average molecular weight is 911 g/mol. The molecule has 1 saturated carbocycles. The maximum absolute atomic E-state index is 16.1. The fraction of sp³-hybridized carbons (Fsp3) is 0.391. The van der Waals surface area contributed by atoms with Crippen molar-refractivity contribution in [2.75, 3.05) is 13.2 Å². The molecule has 66 heavy (non-hydrogen) atoms. The zero-order valence-electron chi connectivity index (χ0n) is 36.2. The van der Waals surface area contributed by atoms with Gasteiger partial charge in [0.05, 0.1) is 62.4 Å². The van der Waals surface area contributed by atoms with E-state index in [1.54, 1.807) is 24.9 Å². The third-order valence-corrected chi connectivity index (χ3v) is 14.0. The third kappa shape index (κ3) is 6.45. The first-order valence-electron chi connectivity index (χ1n) is 21.8. The number of allylic oxidation sites excluding steroid dienone is 1. The van der Waals surface area contributed by atoms with Crippen LogP contribution in [-0.2, 0) is 36.2 Å². The van der Waals surface area contributed by atoms with Gasteiger partial charge in [0.15, 0.2) is 11.6 Å². The summed E-state index contributed by atoms with van der Waals surface area (Å²) in [4.78, 5) is 46.6. The summed E-state index contributed by atoms with van der Waals surface area (Å²) in [5.41, 5.74) is -0.573. The van der Waals surface area contributed by atoms with Crippen LogP contribution in [0.1, 0.15) is 96.9 Å². The summed E-state index contributed by atoms with van der Waals surface area (Å²) in [7, 11) is 1.65. The van der Waals surface area contributed by atoms with E-state index < -0.39 is 46.3 Å². The number of amides is 1. The molecule has 2 fully saturated rings. The number of ether oxygens (including phenoxy) is 1. The molecule has 1 aliphatic carbocycles. The number of aryl methyl sites for hydroxylation is 1. The lowest BCUT2D eigenvalue weighted by molar-refractivity contribution is -0.140. The Labute approximate surface area is 371 Å². The lowest BCUT2D eigenvalue weighted by Gasteiger charge is -2.39. The molecule has 0 radical (unpaired) electrons. The number of halogens is 5. The monoisotopic (exact) mass is 910 g/mol. The zero-order valence-corrected chi connectivity index (χ0v) is 36.2. The minimum atomic E-state index is -5.06. The number of nitrogens with zero attached hydrogens (tertiary/aromatic N) is 9. The lowest BCUT2D eigenvalue weighted by Crippen LogP contribution is -2.40. The van der Waals surface area contributed by atoms with Gasteiger partial charge in [-0.05, 0) is 101 Å². The van der Waals surface area contributed by atoms with Crippen LogP contribution in [0.15, 0.2) is 75.2 Å². The summed E-state index contributed by atoms with van der Waals surface area (Å²) in [6, 6.07) is 6.52. The second-order valence-corrected chi connectivity index (χ2v) is 18.5. The molecule has 8 heterocycles. The predicted octanol–water partition coefficient (Wildman–Crippen LogP) is 7.16. The van der Waals surface area contributed by atoms with Crippen molar-refractivity contribution in [3.63, 3.8) is 0 Å². The smallest absolute Gasteiger partial charge is 0.376 e. The number of hydrogen-bond acceptors (Lipinski definition) is 8. The number of alkyl halides is 3. The van der Waals surface area contributed by atoms with Crippen LogP contribution in [0.25, 0.3) is 34.3 Å². The van der Waals surface area contributed by atoms with Gasteiger partial charge in [-0.2, -0.15) is 23.4 Å². The molecule has 15 nitrogen and oxygen atoms in total. The number of benzene rings is 2. The molecule has 5 aromatic heterocycles. The highest BCUT2D eigenvalue weighted by Gasteiger charge is 2.55. The van der Waals surface area contributed by atoms with Crippen LogP contribution >= 0.6 is 0 Å². The Hall–Kier alpha value is -6.83. The minimum absolute atomic E-state index is 0.0123. The molecular formula is C46H43F5N10O5. The Balaban J connectivity index is 1.04. The molecule has 7 aromatic rings. The van der Waals surface area contributed by atoms with Crippen molar-refractivity contribution in [2.45, 2.75) is 82.5 Å². The van der Waals surface area contributed by atoms with Gasteiger partial charge in [0, 0.05) is 62.2 Å². The van der Waals surface area contributed by atoms with Crippen molar-refractivity contribution < 1.29 is 36.0 Å². The topological polar surface area (TPSA) is 156 Å². The summed E-state index contributed by atoms with van der Waals surface area (Å²) in [5.74, 6) is -2.49. The van der Waals surface area contributed by atoms with Gasteiger partial charge in [-0.1, -0.05) is 11.2 Å². The fourth-order valence-corrected chi connectivity index (χ4v) is 10.6. The molecule has 2 aromatic carbocycles. The molecule has 1 saturated heterocycles. The second-order valence-electron chi connectivity index (χ2n) is 18.5. The molecule has 11 rings (SSSR count). The first kappa shape index (κ1) is 41.8. The number of hydrogen-bond donors (Lipinski definition) is 1. The van der Waals surface area contributed by atoms with Gasteiger partial charge in [0.2, 0.25) is 0 Å². The number of carbonyl (C=O) groups excluding carboxylic acids is 1. The molecule has 342 valence electrons. The van der Waals surface area contributed by atoms with Crippen LogP contribution in [0.3, 0.4) is 0 Å². The van der Waals surface area contributed by atoms with Gasteiger partial charge in [-0.15, -0.1) is 0 Å². The molecule has 1 N–H and O–H groups in total. The van der Waals surface area contributed by atoms with Gasteiger partial charge >= 0.3 is 17.6 Å². The molecule has 3 atom stereocenters. The van der Waals surface area contributed by atoms with E-state index in [1.807, 2.05) is 16.8 Å². The van der Waals surface area contributed by atoms with Crippen molar-refractivity contribution in [3.05, 3.63) is 133 Å². The molecule has 1 amide bonds. The van der Waals surface area contributed by atoms with Crippen molar-refractivity contribution in [2.24, 2.45) is 18.9 Å². The molecule has 0 spiro atoms. The number of nitrogens with one attached hydrogen (secondary N) is 1. The zero-order chi connectivity index (χ0) is 46.2. The highest BCUT2D eigenvalue weighted by molar-refractivity contribution is 5.97. The number of H-pyrrole nitrogens is 1. The van der Waals surface area contributed by atoms with E-state index in [-0.39, 0.29) is 53.0 Å². The maximum atomic E-state index is 16.1. The Bertz CT molecular complexity index is 3280. The third-order valence-electron chi connectivity index (χ3n) is 14.0. The normalized spacial score (nSPS) is 21.0. The van der Waals surface area contributed by atoms with Crippen LogP contribution < -0.4 is 11.4 Å². The standard InChI is InChI=1S/C46H43F5N10O5/c1-24-36-33(54-61(27-5-6-32(47)31(21-27)46(49,50)51)39(36)60-17-16-59(43(60)64)35-8-7-34-30(37(35)48)23-52-56(34)4)10-15-57(24)40(62)29-20-28-19-25(26-11-18-65-44(2,3)22-26)9-14-58(28)38(29)45(12-13-45)41-53-42(63)66-55-41/h5-9,14,16-17,20-21,23-26H,10-13,15,18-19,22H2,1-4H3,(H,53,55,63)/t24-,25?,26+/m0/s1. The van der Waals surface area contributed by atoms with Crippen LogP contribution in [-0.4, -0.2) is 73.0 Å².